The van der Waals surface area contributed by atoms with Gasteiger partial charge in [-0.25, -0.2) is 0 Å². The van der Waals surface area contributed by atoms with Crippen LogP contribution in [0.25, 0.3) is 0 Å². The quantitative estimate of drug-likeness (QED) is 0.852. The highest BCUT2D eigenvalue weighted by Crippen LogP contribution is 2.14. The topological polar surface area (TPSA) is 42.7 Å². The Hall–Kier alpha value is -1.20. The molecule has 15 heavy (non-hydrogen) atoms. The van der Waals surface area contributed by atoms with Crippen LogP contribution in [0.2, 0.25) is 0 Å². The molecule has 0 saturated heterocycles. The van der Waals surface area contributed by atoms with E-state index in [0.717, 1.165) is 18.8 Å². The van der Waals surface area contributed by atoms with Crippen molar-refractivity contribution in [2.75, 3.05) is 0 Å². The first-order valence-electron chi connectivity index (χ1n) is 4.84. The van der Waals surface area contributed by atoms with E-state index in [1.807, 2.05) is 13.2 Å². The second-order valence-electron chi connectivity index (χ2n) is 3.51. The summed E-state index contributed by atoms with van der Waals surface area (Å²) >= 11 is 1.79. The van der Waals surface area contributed by atoms with Crippen molar-refractivity contribution in [1.82, 2.24) is 20.3 Å². The highest BCUT2D eigenvalue weighted by Gasteiger charge is 2.00. The molecule has 0 amide bonds. The Labute approximate surface area is 92.9 Å². The van der Waals surface area contributed by atoms with Gasteiger partial charge in [0.25, 0.3) is 0 Å². The molecule has 0 aliphatic heterocycles. The molecular weight excluding hydrogens is 208 g/mol. The van der Waals surface area contributed by atoms with Gasteiger partial charge in [0.15, 0.2) is 0 Å². The zero-order valence-corrected chi connectivity index (χ0v) is 9.71. The van der Waals surface area contributed by atoms with Gasteiger partial charge in [-0.05, 0) is 23.9 Å². The van der Waals surface area contributed by atoms with Gasteiger partial charge >= 0.3 is 0 Å². The molecule has 0 aliphatic carbocycles. The predicted molar refractivity (Wildman–Crippen MR) is 60.6 cm³/mol. The van der Waals surface area contributed by atoms with Gasteiger partial charge in [0, 0.05) is 31.2 Å². The third-order valence-corrected chi connectivity index (χ3v) is 3.23. The second kappa shape index (κ2) is 4.55. The normalized spacial score (nSPS) is 10.8. The Balaban J connectivity index is 1.83. The minimum atomic E-state index is 0.769. The van der Waals surface area contributed by atoms with Gasteiger partial charge < -0.3 is 5.32 Å². The summed E-state index contributed by atoms with van der Waals surface area (Å²) in [6.07, 6.45) is 1.92. The maximum absolute atomic E-state index is 4.01. The average Bonchev–Trinajstić information content (AvgIpc) is 2.77. The number of rotatable bonds is 4. The number of hydrogen-bond acceptors (Lipinski definition) is 4. The van der Waals surface area contributed by atoms with Crippen LogP contribution < -0.4 is 5.32 Å². The lowest BCUT2D eigenvalue weighted by atomic mass is 10.3. The van der Waals surface area contributed by atoms with Crippen LogP contribution in [0.3, 0.4) is 0 Å². The monoisotopic (exact) mass is 222 g/mol. The predicted octanol–water partition coefficient (Wildman–Crippen LogP) is 1.47. The summed E-state index contributed by atoms with van der Waals surface area (Å²) in [5.74, 6) is 0. The van der Waals surface area contributed by atoms with E-state index < -0.39 is 0 Å². The molecule has 0 radical (unpaired) electrons. The van der Waals surface area contributed by atoms with Gasteiger partial charge in [-0.1, -0.05) is 5.21 Å². The minimum absolute atomic E-state index is 0.769. The van der Waals surface area contributed by atoms with Crippen LogP contribution in [0.5, 0.6) is 0 Å². The van der Waals surface area contributed by atoms with Crippen LogP contribution in [-0.2, 0) is 20.1 Å². The fourth-order valence-electron chi connectivity index (χ4n) is 1.37. The molecule has 5 heteroatoms. The van der Waals surface area contributed by atoms with E-state index in [2.05, 4.69) is 34.0 Å². The molecule has 0 bridgehead atoms. The van der Waals surface area contributed by atoms with Crippen molar-refractivity contribution < 1.29 is 0 Å². The molecule has 4 nitrogen and oxygen atoms in total. The second-order valence-corrected chi connectivity index (χ2v) is 4.51. The Morgan fingerprint density at radius 1 is 1.47 bits per heavy atom. The van der Waals surface area contributed by atoms with Gasteiger partial charge in [-0.15, -0.1) is 16.4 Å². The summed E-state index contributed by atoms with van der Waals surface area (Å²) in [7, 11) is 1.87. The van der Waals surface area contributed by atoms with E-state index in [9.17, 15) is 0 Å². The molecule has 0 fully saturated rings. The SMILES string of the molecule is Cc1ccsc1CNCc1cn(C)nn1. The van der Waals surface area contributed by atoms with Crippen molar-refractivity contribution in [3.05, 3.63) is 33.8 Å². The van der Waals surface area contributed by atoms with Crippen molar-refractivity contribution in [3.8, 4) is 0 Å². The first kappa shape index (κ1) is 10.3. The van der Waals surface area contributed by atoms with Crippen LogP contribution in [-0.4, -0.2) is 15.0 Å². The number of hydrogen-bond donors (Lipinski definition) is 1. The molecule has 2 heterocycles. The molecule has 1 N–H and O–H groups in total. The minimum Gasteiger partial charge on any atom is -0.306 e. The molecule has 80 valence electrons. The Morgan fingerprint density at radius 3 is 2.93 bits per heavy atom. The van der Waals surface area contributed by atoms with Crippen molar-refractivity contribution in [3.63, 3.8) is 0 Å². The number of thiophene rings is 1. The molecule has 0 unspecified atom stereocenters. The summed E-state index contributed by atoms with van der Waals surface area (Å²) in [5.41, 5.74) is 2.33. The van der Waals surface area contributed by atoms with Crippen LogP contribution in [0.15, 0.2) is 17.6 Å². The lowest BCUT2D eigenvalue weighted by Crippen LogP contribution is -2.12. The van der Waals surface area contributed by atoms with Crippen LogP contribution in [0.1, 0.15) is 16.1 Å². The molecule has 0 aliphatic rings. The summed E-state index contributed by atoms with van der Waals surface area (Å²) in [4.78, 5) is 1.39. The van der Waals surface area contributed by atoms with E-state index in [4.69, 9.17) is 0 Å². The summed E-state index contributed by atoms with van der Waals surface area (Å²) in [6.45, 7) is 3.81. The fourth-order valence-corrected chi connectivity index (χ4v) is 2.24. The van der Waals surface area contributed by atoms with E-state index in [1.165, 1.54) is 10.4 Å². The van der Waals surface area contributed by atoms with Crippen LogP contribution in [0.4, 0.5) is 0 Å². The van der Waals surface area contributed by atoms with Crippen LogP contribution >= 0.6 is 11.3 Å². The molecule has 2 aromatic rings. The molecule has 0 aromatic carbocycles. The van der Waals surface area contributed by atoms with Gasteiger partial charge in [0.1, 0.15) is 0 Å². The molecule has 2 rings (SSSR count). The maximum atomic E-state index is 4.01. The number of aromatic nitrogens is 3. The van der Waals surface area contributed by atoms with E-state index >= 15 is 0 Å². The van der Waals surface area contributed by atoms with Gasteiger partial charge in [-0.3, -0.25) is 4.68 Å². The average molecular weight is 222 g/mol. The highest BCUT2D eigenvalue weighted by molar-refractivity contribution is 7.10. The number of aryl methyl sites for hydroxylation is 2. The third kappa shape index (κ3) is 2.64. The first-order valence-corrected chi connectivity index (χ1v) is 5.72. The van der Waals surface area contributed by atoms with E-state index in [0.29, 0.717) is 0 Å². The van der Waals surface area contributed by atoms with Crippen molar-refractivity contribution in [2.24, 2.45) is 7.05 Å². The molecular formula is C10H14N4S. The van der Waals surface area contributed by atoms with E-state index in [-0.39, 0.29) is 0 Å². The number of nitrogens with zero attached hydrogens (tertiary/aromatic N) is 3. The zero-order chi connectivity index (χ0) is 10.7. The molecule has 0 atom stereocenters. The molecule has 2 aromatic heterocycles. The van der Waals surface area contributed by atoms with E-state index in [1.54, 1.807) is 16.0 Å². The standard InChI is InChI=1S/C10H14N4S/c1-8-3-4-15-10(8)6-11-5-9-7-14(2)13-12-9/h3-4,7,11H,5-6H2,1-2H3. The Kier molecular flexibility index (Phi) is 3.13. The lowest BCUT2D eigenvalue weighted by molar-refractivity contribution is 0.678. The number of nitrogens with one attached hydrogen (secondary N) is 1. The molecule has 0 saturated carbocycles. The lowest BCUT2D eigenvalue weighted by Gasteiger charge is -2.00. The van der Waals surface area contributed by atoms with Crippen LogP contribution in [0, 0.1) is 6.92 Å². The van der Waals surface area contributed by atoms with Gasteiger partial charge in [-0.2, -0.15) is 0 Å². The van der Waals surface area contributed by atoms with Crippen molar-refractivity contribution in [2.45, 2.75) is 20.0 Å². The zero-order valence-electron chi connectivity index (χ0n) is 8.90. The summed E-state index contributed by atoms with van der Waals surface area (Å²) < 4.78 is 1.72. The summed E-state index contributed by atoms with van der Waals surface area (Å²) in [5, 5.41) is 13.4. The maximum Gasteiger partial charge on any atom is 0.0964 e. The summed E-state index contributed by atoms with van der Waals surface area (Å²) in [6, 6.07) is 2.14. The Bertz CT molecular complexity index is 432. The highest BCUT2D eigenvalue weighted by atomic mass is 32.1. The van der Waals surface area contributed by atoms with Crippen molar-refractivity contribution >= 4 is 11.3 Å². The van der Waals surface area contributed by atoms with Gasteiger partial charge in [0.2, 0.25) is 0 Å². The third-order valence-electron chi connectivity index (χ3n) is 2.21. The fraction of sp³-hybridized carbons (Fsp3) is 0.400. The van der Waals surface area contributed by atoms with Gasteiger partial charge in [0.05, 0.1) is 5.69 Å². The Morgan fingerprint density at radius 2 is 2.33 bits per heavy atom. The smallest absolute Gasteiger partial charge is 0.0964 e. The largest absolute Gasteiger partial charge is 0.306 e. The van der Waals surface area contributed by atoms with Crippen molar-refractivity contribution in [1.29, 1.82) is 0 Å². The first-order chi connectivity index (χ1) is 7.25. The molecule has 0 spiro atoms.